The SMILES string of the molecule is CCC1CCCCC1C(=O)CCC(C)N. The van der Waals surface area contributed by atoms with Crippen molar-refractivity contribution < 1.29 is 4.79 Å². The van der Waals surface area contributed by atoms with Crippen molar-refractivity contribution in [2.75, 3.05) is 0 Å². The molecule has 2 heteroatoms. The molecule has 1 fully saturated rings. The van der Waals surface area contributed by atoms with Crippen molar-refractivity contribution in [3.8, 4) is 0 Å². The topological polar surface area (TPSA) is 43.1 Å². The molecule has 0 heterocycles. The van der Waals surface area contributed by atoms with Crippen LogP contribution in [-0.4, -0.2) is 11.8 Å². The van der Waals surface area contributed by atoms with Crippen LogP contribution in [0.25, 0.3) is 0 Å². The van der Waals surface area contributed by atoms with Gasteiger partial charge in [0.1, 0.15) is 5.78 Å². The minimum atomic E-state index is 0.164. The van der Waals surface area contributed by atoms with E-state index in [0.29, 0.717) is 24.0 Å². The minimum Gasteiger partial charge on any atom is -0.328 e. The molecule has 0 spiro atoms. The molecule has 0 aromatic carbocycles. The molecule has 3 atom stereocenters. The van der Waals surface area contributed by atoms with Gasteiger partial charge in [0, 0.05) is 18.4 Å². The van der Waals surface area contributed by atoms with Gasteiger partial charge in [-0.05, 0) is 32.1 Å². The summed E-state index contributed by atoms with van der Waals surface area (Å²) in [5, 5.41) is 0. The molecule has 15 heavy (non-hydrogen) atoms. The van der Waals surface area contributed by atoms with Gasteiger partial charge in [0.25, 0.3) is 0 Å². The molecule has 0 amide bonds. The van der Waals surface area contributed by atoms with Gasteiger partial charge in [-0.15, -0.1) is 0 Å². The van der Waals surface area contributed by atoms with Crippen molar-refractivity contribution in [3.05, 3.63) is 0 Å². The van der Waals surface area contributed by atoms with Gasteiger partial charge < -0.3 is 5.73 Å². The second kappa shape index (κ2) is 6.26. The van der Waals surface area contributed by atoms with E-state index >= 15 is 0 Å². The number of carbonyl (C=O) groups excluding carboxylic acids is 1. The first-order valence-corrected chi connectivity index (χ1v) is 6.43. The fourth-order valence-corrected chi connectivity index (χ4v) is 2.68. The van der Waals surface area contributed by atoms with Crippen LogP contribution < -0.4 is 5.73 Å². The van der Waals surface area contributed by atoms with E-state index in [1.165, 1.54) is 19.3 Å². The molecule has 0 aromatic heterocycles. The molecule has 0 aliphatic heterocycles. The number of Topliss-reactive ketones (excluding diaryl/α,β-unsaturated/α-hetero) is 1. The highest BCUT2D eigenvalue weighted by atomic mass is 16.1. The number of ketones is 1. The van der Waals surface area contributed by atoms with Crippen molar-refractivity contribution in [2.45, 2.75) is 64.8 Å². The van der Waals surface area contributed by atoms with Crippen molar-refractivity contribution in [3.63, 3.8) is 0 Å². The second-order valence-electron chi connectivity index (χ2n) is 5.04. The maximum Gasteiger partial charge on any atom is 0.136 e. The van der Waals surface area contributed by atoms with E-state index in [1.54, 1.807) is 0 Å². The maximum atomic E-state index is 12.0. The largest absolute Gasteiger partial charge is 0.328 e. The van der Waals surface area contributed by atoms with E-state index in [0.717, 1.165) is 19.3 Å². The van der Waals surface area contributed by atoms with Crippen LogP contribution >= 0.6 is 0 Å². The zero-order valence-corrected chi connectivity index (χ0v) is 10.2. The van der Waals surface area contributed by atoms with Gasteiger partial charge in [-0.2, -0.15) is 0 Å². The van der Waals surface area contributed by atoms with E-state index in [9.17, 15) is 4.79 Å². The Morgan fingerprint density at radius 1 is 1.40 bits per heavy atom. The lowest BCUT2D eigenvalue weighted by atomic mass is 9.75. The number of nitrogens with two attached hydrogens (primary N) is 1. The van der Waals surface area contributed by atoms with Crippen LogP contribution in [0.4, 0.5) is 0 Å². The summed E-state index contributed by atoms with van der Waals surface area (Å²) in [7, 11) is 0. The molecule has 2 N–H and O–H groups in total. The Kier molecular flexibility index (Phi) is 5.30. The molecule has 0 bridgehead atoms. The monoisotopic (exact) mass is 211 g/mol. The third kappa shape index (κ3) is 3.94. The number of hydrogen-bond donors (Lipinski definition) is 1. The summed E-state index contributed by atoms with van der Waals surface area (Å²) in [5.41, 5.74) is 5.69. The molecule has 0 radical (unpaired) electrons. The molecule has 0 aromatic rings. The first kappa shape index (κ1) is 12.7. The smallest absolute Gasteiger partial charge is 0.136 e. The molecule has 1 aliphatic carbocycles. The Hall–Kier alpha value is -0.370. The molecular weight excluding hydrogens is 186 g/mol. The van der Waals surface area contributed by atoms with E-state index in [2.05, 4.69) is 6.92 Å². The summed E-state index contributed by atoms with van der Waals surface area (Å²) in [6, 6.07) is 0.164. The van der Waals surface area contributed by atoms with Crippen LogP contribution in [0.3, 0.4) is 0 Å². The molecule has 1 saturated carbocycles. The summed E-state index contributed by atoms with van der Waals surface area (Å²) in [6.45, 7) is 4.19. The standard InChI is InChI=1S/C13H25NO/c1-3-11-6-4-5-7-12(11)13(15)9-8-10(2)14/h10-12H,3-9,14H2,1-2H3. The molecule has 2 nitrogen and oxygen atoms in total. The van der Waals surface area contributed by atoms with Crippen LogP contribution in [0.5, 0.6) is 0 Å². The van der Waals surface area contributed by atoms with Crippen LogP contribution in [0.2, 0.25) is 0 Å². The Labute approximate surface area is 93.6 Å². The van der Waals surface area contributed by atoms with Crippen LogP contribution in [0.15, 0.2) is 0 Å². The van der Waals surface area contributed by atoms with Gasteiger partial charge in [0.2, 0.25) is 0 Å². The highest BCUT2D eigenvalue weighted by molar-refractivity contribution is 5.81. The molecular formula is C13H25NO. The molecule has 3 unspecified atom stereocenters. The van der Waals surface area contributed by atoms with Gasteiger partial charge in [-0.1, -0.05) is 26.2 Å². The van der Waals surface area contributed by atoms with E-state index < -0.39 is 0 Å². The van der Waals surface area contributed by atoms with Crippen LogP contribution in [0, 0.1) is 11.8 Å². The molecule has 1 rings (SSSR count). The van der Waals surface area contributed by atoms with Gasteiger partial charge in [-0.3, -0.25) is 4.79 Å². The van der Waals surface area contributed by atoms with Crippen LogP contribution in [-0.2, 0) is 4.79 Å². The average molecular weight is 211 g/mol. The quantitative estimate of drug-likeness (QED) is 0.760. The third-order valence-corrected chi connectivity index (χ3v) is 3.69. The Bertz CT molecular complexity index is 201. The third-order valence-electron chi connectivity index (χ3n) is 3.69. The summed E-state index contributed by atoms with van der Waals surface area (Å²) >= 11 is 0. The van der Waals surface area contributed by atoms with Crippen LogP contribution in [0.1, 0.15) is 58.8 Å². The number of rotatable bonds is 5. The fourth-order valence-electron chi connectivity index (χ4n) is 2.68. The lowest BCUT2D eigenvalue weighted by Crippen LogP contribution is -2.28. The van der Waals surface area contributed by atoms with Gasteiger partial charge in [-0.25, -0.2) is 0 Å². The van der Waals surface area contributed by atoms with Gasteiger partial charge >= 0.3 is 0 Å². The Morgan fingerprint density at radius 2 is 2.07 bits per heavy atom. The average Bonchev–Trinajstić information content (AvgIpc) is 2.25. The highest BCUT2D eigenvalue weighted by Crippen LogP contribution is 2.33. The maximum absolute atomic E-state index is 12.0. The Balaban J connectivity index is 2.41. The summed E-state index contributed by atoms with van der Waals surface area (Å²) in [5.74, 6) is 1.47. The lowest BCUT2D eigenvalue weighted by Gasteiger charge is -2.29. The minimum absolute atomic E-state index is 0.164. The first-order valence-electron chi connectivity index (χ1n) is 6.43. The Morgan fingerprint density at radius 3 is 2.67 bits per heavy atom. The summed E-state index contributed by atoms with van der Waals surface area (Å²) in [6.07, 6.45) is 7.64. The number of carbonyl (C=O) groups is 1. The van der Waals surface area contributed by atoms with Crippen molar-refractivity contribution in [1.82, 2.24) is 0 Å². The molecule has 1 aliphatic rings. The van der Waals surface area contributed by atoms with E-state index in [1.807, 2.05) is 6.92 Å². The van der Waals surface area contributed by atoms with Gasteiger partial charge in [0.05, 0.1) is 0 Å². The number of hydrogen-bond acceptors (Lipinski definition) is 2. The lowest BCUT2D eigenvalue weighted by molar-refractivity contribution is -0.125. The molecule has 88 valence electrons. The van der Waals surface area contributed by atoms with Crippen molar-refractivity contribution in [2.24, 2.45) is 17.6 Å². The van der Waals surface area contributed by atoms with E-state index in [-0.39, 0.29) is 6.04 Å². The highest BCUT2D eigenvalue weighted by Gasteiger charge is 2.28. The predicted molar refractivity (Wildman–Crippen MR) is 63.6 cm³/mol. The zero-order chi connectivity index (χ0) is 11.3. The summed E-state index contributed by atoms with van der Waals surface area (Å²) < 4.78 is 0. The van der Waals surface area contributed by atoms with Gasteiger partial charge in [0.15, 0.2) is 0 Å². The summed E-state index contributed by atoms with van der Waals surface area (Å²) in [4.78, 5) is 12.0. The normalized spacial score (nSPS) is 28.7. The molecule has 0 saturated heterocycles. The second-order valence-corrected chi connectivity index (χ2v) is 5.04. The first-order chi connectivity index (χ1) is 7.15. The van der Waals surface area contributed by atoms with Crippen molar-refractivity contribution >= 4 is 5.78 Å². The van der Waals surface area contributed by atoms with E-state index in [4.69, 9.17) is 5.73 Å². The zero-order valence-electron chi connectivity index (χ0n) is 10.2. The van der Waals surface area contributed by atoms with Crippen molar-refractivity contribution in [1.29, 1.82) is 0 Å². The fraction of sp³-hybridized carbons (Fsp3) is 0.923. The predicted octanol–water partition coefficient (Wildman–Crippen LogP) is 2.90.